The Balaban J connectivity index is 1.87. The van der Waals surface area contributed by atoms with Crippen LogP contribution in [0.2, 0.25) is 0 Å². The molecule has 0 bridgehead atoms. The van der Waals surface area contributed by atoms with Crippen LogP contribution in [0.1, 0.15) is 46.1 Å². The molecule has 5 nitrogen and oxygen atoms in total. The number of rotatable bonds is 5. The van der Waals surface area contributed by atoms with Gasteiger partial charge < -0.3 is 9.84 Å². The average molecular weight is 316 g/mol. The summed E-state index contributed by atoms with van der Waals surface area (Å²) in [4.78, 5) is 16.7. The number of pyridine rings is 2. The highest BCUT2D eigenvalue weighted by molar-refractivity contribution is 5.76. The van der Waals surface area contributed by atoms with Crippen LogP contribution in [-0.2, 0) is 0 Å². The van der Waals surface area contributed by atoms with Crippen molar-refractivity contribution in [2.24, 2.45) is 5.92 Å². The van der Waals surface area contributed by atoms with Gasteiger partial charge in [-0.05, 0) is 44.2 Å². The molecule has 124 valence electrons. The standard InChI is InChI=1S/C18H24N2O3/c1-12(2)6-7-23-15-8-13-4-5-16(21)20(17(13)19-11-15)14-9-18(3,22)10-14/h4-5,8,11-12,14,22H,6-7,9-10H2,1-3H3. The van der Waals surface area contributed by atoms with E-state index < -0.39 is 5.60 Å². The first-order chi connectivity index (χ1) is 10.9. The van der Waals surface area contributed by atoms with Crippen molar-refractivity contribution in [3.8, 4) is 5.75 Å². The summed E-state index contributed by atoms with van der Waals surface area (Å²) < 4.78 is 7.44. The molecule has 1 saturated carbocycles. The smallest absolute Gasteiger partial charge is 0.252 e. The van der Waals surface area contributed by atoms with E-state index in [1.807, 2.05) is 6.07 Å². The fourth-order valence-corrected chi connectivity index (χ4v) is 3.11. The maximum absolute atomic E-state index is 12.2. The first-order valence-corrected chi connectivity index (χ1v) is 8.22. The van der Waals surface area contributed by atoms with Gasteiger partial charge in [0.05, 0.1) is 18.4 Å². The van der Waals surface area contributed by atoms with Crippen LogP contribution in [0, 0.1) is 5.92 Å². The molecule has 0 amide bonds. The topological polar surface area (TPSA) is 64.3 Å². The Hall–Kier alpha value is -1.88. The number of ether oxygens (including phenoxy) is 1. The molecule has 0 unspecified atom stereocenters. The van der Waals surface area contributed by atoms with Gasteiger partial charge in [-0.25, -0.2) is 4.98 Å². The summed E-state index contributed by atoms with van der Waals surface area (Å²) in [5, 5.41) is 10.8. The van der Waals surface area contributed by atoms with E-state index in [0.29, 0.717) is 31.0 Å². The summed E-state index contributed by atoms with van der Waals surface area (Å²) in [6.07, 6.45) is 3.84. The van der Waals surface area contributed by atoms with Crippen molar-refractivity contribution in [2.45, 2.75) is 51.7 Å². The van der Waals surface area contributed by atoms with Crippen LogP contribution in [0.25, 0.3) is 11.0 Å². The second kappa shape index (κ2) is 5.96. The van der Waals surface area contributed by atoms with Gasteiger partial charge in [0.1, 0.15) is 11.4 Å². The molecule has 0 aromatic carbocycles. The number of nitrogens with zero attached hydrogens (tertiary/aromatic N) is 2. The quantitative estimate of drug-likeness (QED) is 0.921. The molecule has 0 spiro atoms. The minimum Gasteiger partial charge on any atom is -0.492 e. The molecule has 3 rings (SSSR count). The summed E-state index contributed by atoms with van der Waals surface area (Å²) in [5.74, 6) is 1.32. The van der Waals surface area contributed by atoms with E-state index in [-0.39, 0.29) is 11.6 Å². The van der Waals surface area contributed by atoms with Crippen LogP contribution >= 0.6 is 0 Å². The highest BCUT2D eigenvalue weighted by Gasteiger charge is 2.40. The molecule has 5 heteroatoms. The van der Waals surface area contributed by atoms with Crippen molar-refractivity contribution in [2.75, 3.05) is 6.61 Å². The van der Waals surface area contributed by atoms with Crippen LogP contribution in [0.4, 0.5) is 0 Å². The lowest BCUT2D eigenvalue weighted by Gasteiger charge is -2.41. The molecular formula is C18H24N2O3. The van der Waals surface area contributed by atoms with Crippen molar-refractivity contribution in [3.05, 3.63) is 34.7 Å². The maximum atomic E-state index is 12.2. The summed E-state index contributed by atoms with van der Waals surface area (Å²) in [6.45, 7) is 6.78. The molecule has 0 radical (unpaired) electrons. The SMILES string of the molecule is CC(C)CCOc1cnc2c(ccc(=O)n2C2CC(C)(O)C2)c1. The highest BCUT2D eigenvalue weighted by Crippen LogP contribution is 2.41. The lowest BCUT2D eigenvalue weighted by molar-refractivity contribution is -0.0507. The van der Waals surface area contributed by atoms with E-state index in [9.17, 15) is 9.90 Å². The second-order valence-electron chi connectivity index (χ2n) is 7.22. The number of fused-ring (bicyclic) bond motifs is 1. The molecule has 0 atom stereocenters. The largest absolute Gasteiger partial charge is 0.492 e. The van der Waals surface area contributed by atoms with Crippen molar-refractivity contribution >= 4 is 11.0 Å². The summed E-state index contributed by atoms with van der Waals surface area (Å²) >= 11 is 0. The summed E-state index contributed by atoms with van der Waals surface area (Å²) in [7, 11) is 0. The number of hydrogen-bond acceptors (Lipinski definition) is 4. The van der Waals surface area contributed by atoms with Crippen LogP contribution in [0.3, 0.4) is 0 Å². The van der Waals surface area contributed by atoms with E-state index in [4.69, 9.17) is 4.74 Å². The molecule has 2 heterocycles. The summed E-state index contributed by atoms with van der Waals surface area (Å²) in [5.41, 5.74) is -0.0835. The lowest BCUT2D eigenvalue weighted by Crippen LogP contribution is -2.45. The third-order valence-electron chi connectivity index (χ3n) is 4.42. The third kappa shape index (κ3) is 3.39. The minimum absolute atomic E-state index is 0.0152. The first-order valence-electron chi connectivity index (χ1n) is 8.22. The predicted octanol–water partition coefficient (Wildman–Crippen LogP) is 2.91. The van der Waals surface area contributed by atoms with Crippen LogP contribution < -0.4 is 10.3 Å². The van der Waals surface area contributed by atoms with Gasteiger partial charge in [-0.3, -0.25) is 9.36 Å². The third-order valence-corrected chi connectivity index (χ3v) is 4.42. The van der Waals surface area contributed by atoms with Gasteiger partial charge in [0.2, 0.25) is 0 Å². The second-order valence-corrected chi connectivity index (χ2v) is 7.22. The van der Waals surface area contributed by atoms with Gasteiger partial charge in [0.15, 0.2) is 0 Å². The molecule has 1 N–H and O–H groups in total. The Morgan fingerprint density at radius 2 is 2.17 bits per heavy atom. The van der Waals surface area contributed by atoms with Gasteiger partial charge in [-0.2, -0.15) is 0 Å². The zero-order valence-corrected chi connectivity index (χ0v) is 14.0. The van der Waals surface area contributed by atoms with E-state index >= 15 is 0 Å². The Morgan fingerprint density at radius 1 is 1.43 bits per heavy atom. The monoisotopic (exact) mass is 316 g/mol. The molecular weight excluding hydrogens is 292 g/mol. The fourth-order valence-electron chi connectivity index (χ4n) is 3.11. The molecule has 1 aliphatic carbocycles. The van der Waals surface area contributed by atoms with E-state index in [0.717, 1.165) is 17.6 Å². The van der Waals surface area contributed by atoms with Crippen molar-refractivity contribution in [3.63, 3.8) is 0 Å². The predicted molar refractivity (Wildman–Crippen MR) is 89.8 cm³/mol. The highest BCUT2D eigenvalue weighted by atomic mass is 16.5. The molecule has 1 aliphatic rings. The van der Waals surface area contributed by atoms with Crippen LogP contribution in [0.5, 0.6) is 5.75 Å². The Labute approximate surface area is 135 Å². The molecule has 2 aromatic heterocycles. The molecule has 1 fully saturated rings. The van der Waals surface area contributed by atoms with Crippen molar-refractivity contribution in [1.82, 2.24) is 9.55 Å². The van der Waals surface area contributed by atoms with Crippen molar-refractivity contribution < 1.29 is 9.84 Å². The van der Waals surface area contributed by atoms with Gasteiger partial charge in [-0.15, -0.1) is 0 Å². The van der Waals surface area contributed by atoms with E-state index in [2.05, 4.69) is 18.8 Å². The molecule has 0 aliphatic heterocycles. The van der Waals surface area contributed by atoms with E-state index in [1.165, 1.54) is 0 Å². The molecule has 0 saturated heterocycles. The maximum Gasteiger partial charge on any atom is 0.252 e. The number of aliphatic hydroxyl groups is 1. The normalized spacial score (nSPS) is 24.0. The van der Waals surface area contributed by atoms with Crippen molar-refractivity contribution in [1.29, 1.82) is 0 Å². The molecule has 2 aromatic rings. The van der Waals surface area contributed by atoms with E-state index in [1.54, 1.807) is 29.8 Å². The Bertz CT molecular complexity index is 756. The average Bonchev–Trinajstić information content (AvgIpc) is 2.44. The van der Waals surface area contributed by atoms with Crippen LogP contribution in [0.15, 0.2) is 29.2 Å². The Kier molecular flexibility index (Phi) is 4.15. The Morgan fingerprint density at radius 3 is 2.83 bits per heavy atom. The zero-order valence-electron chi connectivity index (χ0n) is 14.0. The molecule has 23 heavy (non-hydrogen) atoms. The first kappa shape index (κ1) is 16.0. The van der Waals surface area contributed by atoms with Gasteiger partial charge in [0.25, 0.3) is 5.56 Å². The number of aromatic nitrogens is 2. The zero-order chi connectivity index (χ0) is 16.6. The lowest BCUT2D eigenvalue weighted by atomic mass is 9.77. The van der Waals surface area contributed by atoms with Crippen LogP contribution in [-0.4, -0.2) is 26.9 Å². The van der Waals surface area contributed by atoms with Gasteiger partial charge >= 0.3 is 0 Å². The number of hydrogen-bond donors (Lipinski definition) is 1. The summed E-state index contributed by atoms with van der Waals surface area (Å²) in [6, 6.07) is 5.29. The van der Waals surface area contributed by atoms with Gasteiger partial charge in [-0.1, -0.05) is 13.8 Å². The minimum atomic E-state index is -0.674. The fraction of sp³-hybridized carbons (Fsp3) is 0.556. The van der Waals surface area contributed by atoms with Gasteiger partial charge in [0, 0.05) is 17.5 Å².